The standard InChI is InChI=1S/C25H46OS3/c1-3-4-5-6-7-8-9-10-11-12-13-14-15-16-17-18-19-26-25-22(2)23(20-27)29-24(25)21-28/h27-28H,3-21H2,1-2H3. The van der Waals surface area contributed by atoms with E-state index in [2.05, 4.69) is 39.1 Å². The van der Waals surface area contributed by atoms with Crippen molar-refractivity contribution in [2.24, 2.45) is 0 Å². The highest BCUT2D eigenvalue weighted by atomic mass is 32.1. The molecule has 0 unspecified atom stereocenters. The molecule has 0 saturated heterocycles. The van der Waals surface area contributed by atoms with E-state index in [4.69, 9.17) is 4.74 Å². The Labute approximate surface area is 196 Å². The van der Waals surface area contributed by atoms with Crippen molar-refractivity contribution in [1.29, 1.82) is 0 Å². The van der Waals surface area contributed by atoms with Crippen LogP contribution in [0.25, 0.3) is 0 Å². The quantitative estimate of drug-likeness (QED) is 0.146. The van der Waals surface area contributed by atoms with Crippen LogP contribution in [0.2, 0.25) is 0 Å². The van der Waals surface area contributed by atoms with Gasteiger partial charge in [-0.05, 0) is 13.3 Å². The van der Waals surface area contributed by atoms with Crippen molar-refractivity contribution >= 4 is 36.6 Å². The van der Waals surface area contributed by atoms with E-state index in [0.29, 0.717) is 0 Å². The molecule has 4 heteroatoms. The number of thiophene rings is 1. The Kier molecular flexibility index (Phi) is 17.8. The summed E-state index contributed by atoms with van der Waals surface area (Å²) in [4.78, 5) is 2.57. The van der Waals surface area contributed by atoms with Gasteiger partial charge in [-0.15, -0.1) is 11.3 Å². The van der Waals surface area contributed by atoms with E-state index >= 15 is 0 Å². The number of ether oxygens (including phenoxy) is 1. The lowest BCUT2D eigenvalue weighted by Crippen LogP contribution is -1.99. The van der Waals surface area contributed by atoms with E-state index in [-0.39, 0.29) is 0 Å². The van der Waals surface area contributed by atoms with Crippen molar-refractivity contribution < 1.29 is 4.74 Å². The highest BCUT2D eigenvalue weighted by molar-refractivity contribution is 7.79. The van der Waals surface area contributed by atoms with Crippen LogP contribution < -0.4 is 4.74 Å². The van der Waals surface area contributed by atoms with Crippen molar-refractivity contribution in [1.82, 2.24) is 0 Å². The molecule has 0 aliphatic heterocycles. The predicted octanol–water partition coefficient (Wildman–Crippen LogP) is 9.56. The lowest BCUT2D eigenvalue weighted by atomic mass is 10.0. The van der Waals surface area contributed by atoms with Gasteiger partial charge >= 0.3 is 0 Å². The van der Waals surface area contributed by atoms with Crippen LogP contribution in [-0.2, 0) is 11.5 Å². The summed E-state index contributed by atoms with van der Waals surface area (Å²) in [7, 11) is 0. The summed E-state index contributed by atoms with van der Waals surface area (Å²) in [5, 5.41) is 0. The average Bonchev–Trinajstić information content (AvgIpc) is 3.05. The molecule has 0 atom stereocenters. The van der Waals surface area contributed by atoms with Gasteiger partial charge in [-0.3, -0.25) is 0 Å². The van der Waals surface area contributed by atoms with Gasteiger partial charge in [-0.2, -0.15) is 25.3 Å². The summed E-state index contributed by atoms with van der Waals surface area (Å²) in [5.41, 5.74) is 1.27. The van der Waals surface area contributed by atoms with Crippen LogP contribution in [-0.4, -0.2) is 6.61 Å². The molecule has 1 aromatic heterocycles. The Balaban J connectivity index is 1.88. The molecular formula is C25H46OS3. The fourth-order valence-electron chi connectivity index (χ4n) is 3.88. The molecule has 1 heterocycles. The first-order chi connectivity index (χ1) is 14.2. The lowest BCUT2D eigenvalue weighted by Gasteiger charge is -2.08. The first kappa shape index (κ1) is 27.2. The van der Waals surface area contributed by atoms with Gasteiger partial charge < -0.3 is 4.74 Å². The molecule has 0 amide bonds. The average molecular weight is 459 g/mol. The van der Waals surface area contributed by atoms with Crippen molar-refractivity contribution in [2.45, 2.75) is 128 Å². The largest absolute Gasteiger partial charge is 0.492 e. The Bertz CT molecular complexity index is 499. The van der Waals surface area contributed by atoms with Crippen LogP contribution in [0.3, 0.4) is 0 Å². The van der Waals surface area contributed by atoms with Gasteiger partial charge in [0.05, 0.1) is 11.5 Å². The van der Waals surface area contributed by atoms with E-state index < -0.39 is 0 Å². The van der Waals surface area contributed by atoms with Gasteiger partial charge in [0.1, 0.15) is 5.75 Å². The van der Waals surface area contributed by atoms with Crippen molar-refractivity contribution in [2.75, 3.05) is 6.61 Å². The van der Waals surface area contributed by atoms with Gasteiger partial charge in [0, 0.05) is 21.9 Å². The summed E-state index contributed by atoms with van der Waals surface area (Å²) in [6.45, 7) is 5.28. The van der Waals surface area contributed by atoms with Crippen molar-refractivity contribution in [3.05, 3.63) is 15.3 Å². The number of hydrogen-bond donors (Lipinski definition) is 2. The van der Waals surface area contributed by atoms with E-state index in [1.165, 1.54) is 112 Å². The molecule has 1 nitrogen and oxygen atoms in total. The van der Waals surface area contributed by atoms with Gasteiger partial charge in [-0.25, -0.2) is 0 Å². The lowest BCUT2D eigenvalue weighted by molar-refractivity contribution is 0.301. The number of thiol groups is 2. The second-order valence-electron chi connectivity index (χ2n) is 8.37. The summed E-state index contributed by atoms with van der Waals surface area (Å²) in [6, 6.07) is 0. The van der Waals surface area contributed by atoms with Crippen LogP contribution in [0.1, 0.15) is 125 Å². The maximum Gasteiger partial charge on any atom is 0.137 e. The predicted molar refractivity (Wildman–Crippen MR) is 139 cm³/mol. The number of rotatable bonds is 20. The molecule has 0 aromatic carbocycles. The third kappa shape index (κ3) is 12.6. The summed E-state index contributed by atoms with van der Waals surface area (Å²) in [6.07, 6.45) is 22.4. The molecule has 0 N–H and O–H groups in total. The monoisotopic (exact) mass is 458 g/mol. The van der Waals surface area contributed by atoms with Crippen molar-refractivity contribution in [3.63, 3.8) is 0 Å². The zero-order chi connectivity index (χ0) is 21.2. The zero-order valence-corrected chi connectivity index (χ0v) is 21.8. The Morgan fingerprint density at radius 2 is 1.03 bits per heavy atom. The minimum absolute atomic E-state index is 0.758. The third-order valence-corrected chi connectivity index (χ3v) is 8.12. The smallest absolute Gasteiger partial charge is 0.137 e. The first-order valence-electron chi connectivity index (χ1n) is 12.2. The second kappa shape index (κ2) is 18.9. The zero-order valence-electron chi connectivity index (χ0n) is 19.1. The Hall–Kier alpha value is 0.200. The van der Waals surface area contributed by atoms with Gasteiger partial charge in [0.25, 0.3) is 0 Å². The summed E-state index contributed by atoms with van der Waals surface area (Å²) >= 11 is 10.7. The topological polar surface area (TPSA) is 9.23 Å². The van der Waals surface area contributed by atoms with Crippen molar-refractivity contribution in [3.8, 4) is 5.75 Å². The molecule has 0 saturated carbocycles. The maximum atomic E-state index is 6.09. The summed E-state index contributed by atoms with van der Waals surface area (Å²) < 4.78 is 6.09. The molecule has 170 valence electrons. The molecule has 1 rings (SSSR count). The molecule has 0 spiro atoms. The number of hydrogen-bond acceptors (Lipinski definition) is 4. The number of unbranched alkanes of at least 4 members (excludes halogenated alkanes) is 15. The second-order valence-corrected chi connectivity index (χ2v) is 10.2. The van der Waals surface area contributed by atoms with E-state index in [0.717, 1.165) is 30.3 Å². The highest BCUT2D eigenvalue weighted by Crippen LogP contribution is 2.37. The SMILES string of the molecule is CCCCCCCCCCCCCCCCCCOc1c(CS)sc(CS)c1C. The van der Waals surface area contributed by atoms with Crippen LogP contribution in [0, 0.1) is 6.92 Å². The molecule has 0 fully saturated rings. The van der Waals surface area contributed by atoms with Crippen LogP contribution in [0.15, 0.2) is 0 Å². The Morgan fingerprint density at radius 3 is 1.45 bits per heavy atom. The molecule has 29 heavy (non-hydrogen) atoms. The minimum atomic E-state index is 0.758. The molecule has 0 aliphatic carbocycles. The van der Waals surface area contributed by atoms with Gasteiger partial charge in [0.15, 0.2) is 0 Å². The molecular weight excluding hydrogens is 412 g/mol. The van der Waals surface area contributed by atoms with Crippen LogP contribution in [0.5, 0.6) is 5.75 Å². The summed E-state index contributed by atoms with van der Waals surface area (Å²) in [5.74, 6) is 2.63. The minimum Gasteiger partial charge on any atom is -0.492 e. The van der Waals surface area contributed by atoms with E-state index in [9.17, 15) is 0 Å². The molecule has 0 radical (unpaired) electrons. The molecule has 1 aromatic rings. The normalized spacial score (nSPS) is 11.3. The van der Waals surface area contributed by atoms with Gasteiger partial charge in [-0.1, -0.05) is 103 Å². The van der Waals surface area contributed by atoms with E-state index in [1.54, 1.807) is 11.3 Å². The maximum absolute atomic E-state index is 6.09. The fraction of sp³-hybridized carbons (Fsp3) is 0.840. The molecule has 0 bridgehead atoms. The van der Waals surface area contributed by atoms with E-state index in [1.807, 2.05) is 0 Å². The first-order valence-corrected chi connectivity index (χ1v) is 14.3. The van der Waals surface area contributed by atoms with Crippen LogP contribution in [0.4, 0.5) is 0 Å². The van der Waals surface area contributed by atoms with Crippen LogP contribution >= 0.6 is 36.6 Å². The third-order valence-electron chi connectivity index (χ3n) is 5.79. The highest BCUT2D eigenvalue weighted by Gasteiger charge is 2.14. The van der Waals surface area contributed by atoms with Gasteiger partial charge in [0.2, 0.25) is 0 Å². The Morgan fingerprint density at radius 1 is 0.621 bits per heavy atom. The molecule has 0 aliphatic rings. The fourth-order valence-corrected chi connectivity index (χ4v) is 5.62.